The molecule has 2 heterocycles. The smallest absolute Gasteiger partial charge is 0.310 e. The summed E-state index contributed by atoms with van der Waals surface area (Å²) in [5, 5.41) is 20.2. The highest BCUT2D eigenvalue weighted by atomic mass is 16.4. The fourth-order valence-corrected chi connectivity index (χ4v) is 1.52. The quantitative estimate of drug-likeness (QED) is 0.811. The molecule has 0 spiro atoms. The summed E-state index contributed by atoms with van der Waals surface area (Å²) in [5.41, 5.74) is -0.845. The van der Waals surface area contributed by atoms with E-state index in [1.807, 2.05) is 0 Å². The number of nitrogens with one attached hydrogen (secondary N) is 1. The molecule has 2 aromatic heterocycles. The number of rotatable bonds is 4. The Labute approximate surface area is 108 Å². The molecule has 0 atom stereocenters. The molecule has 0 aromatic carbocycles. The fourth-order valence-electron chi connectivity index (χ4n) is 1.52. The van der Waals surface area contributed by atoms with Gasteiger partial charge in [-0.05, 0) is 30.3 Å². The molecular formula is C11H13N5O3. The Morgan fingerprint density at radius 2 is 2.21 bits per heavy atom. The number of carbonyl (C=O) groups is 1. The van der Waals surface area contributed by atoms with Crippen molar-refractivity contribution in [1.29, 1.82) is 0 Å². The largest absolute Gasteiger partial charge is 0.481 e. The molecule has 2 rings (SSSR count). The minimum atomic E-state index is -1.01. The average Bonchev–Trinajstić information content (AvgIpc) is 2.76. The zero-order valence-electron chi connectivity index (χ0n) is 10.5. The molecule has 0 unspecified atom stereocenters. The van der Waals surface area contributed by atoms with E-state index in [-0.39, 0.29) is 12.1 Å². The van der Waals surface area contributed by atoms with Crippen LogP contribution in [-0.2, 0) is 11.3 Å². The van der Waals surface area contributed by atoms with Crippen LogP contribution in [0.5, 0.6) is 0 Å². The lowest BCUT2D eigenvalue weighted by Crippen LogP contribution is -2.30. The second-order valence-corrected chi connectivity index (χ2v) is 4.78. The van der Waals surface area contributed by atoms with Gasteiger partial charge in [0.2, 0.25) is 5.56 Å². The van der Waals surface area contributed by atoms with Crippen molar-refractivity contribution in [3.63, 3.8) is 0 Å². The topological polar surface area (TPSA) is 114 Å². The van der Waals surface area contributed by atoms with E-state index in [9.17, 15) is 9.59 Å². The first-order chi connectivity index (χ1) is 8.90. The van der Waals surface area contributed by atoms with E-state index in [1.54, 1.807) is 26.0 Å². The highest BCUT2D eigenvalue weighted by Crippen LogP contribution is 2.20. The summed E-state index contributed by atoms with van der Waals surface area (Å²) in [6.07, 6.45) is 0. The molecule has 100 valence electrons. The second kappa shape index (κ2) is 4.63. The third kappa shape index (κ3) is 2.67. The Morgan fingerprint density at radius 3 is 2.84 bits per heavy atom. The minimum Gasteiger partial charge on any atom is -0.481 e. The number of hydrogen-bond donors (Lipinski definition) is 2. The van der Waals surface area contributed by atoms with E-state index < -0.39 is 11.4 Å². The van der Waals surface area contributed by atoms with Gasteiger partial charge in [0.1, 0.15) is 0 Å². The maximum atomic E-state index is 11.3. The lowest BCUT2D eigenvalue weighted by atomic mass is 9.94. The van der Waals surface area contributed by atoms with Gasteiger partial charge in [0.05, 0.1) is 17.7 Å². The van der Waals surface area contributed by atoms with Crippen LogP contribution in [0.3, 0.4) is 0 Å². The predicted molar refractivity (Wildman–Crippen MR) is 65.3 cm³/mol. The van der Waals surface area contributed by atoms with Crippen LogP contribution in [-0.4, -0.2) is 36.3 Å². The van der Waals surface area contributed by atoms with Crippen molar-refractivity contribution in [2.75, 3.05) is 0 Å². The van der Waals surface area contributed by atoms with E-state index in [0.717, 1.165) is 0 Å². The second-order valence-electron chi connectivity index (χ2n) is 4.78. The summed E-state index contributed by atoms with van der Waals surface area (Å²) in [4.78, 5) is 25.0. The van der Waals surface area contributed by atoms with Crippen LogP contribution in [0.2, 0.25) is 0 Å². The molecule has 0 saturated carbocycles. The Hall–Kier alpha value is -2.51. The molecule has 8 heteroatoms. The lowest BCUT2D eigenvalue weighted by molar-refractivity contribution is -0.147. The first-order valence-corrected chi connectivity index (χ1v) is 5.59. The number of aliphatic carboxylic acids is 1. The van der Waals surface area contributed by atoms with Crippen molar-refractivity contribution in [3.05, 3.63) is 28.6 Å². The van der Waals surface area contributed by atoms with E-state index in [1.165, 1.54) is 10.7 Å². The van der Waals surface area contributed by atoms with Crippen LogP contribution in [0, 0.1) is 5.41 Å². The van der Waals surface area contributed by atoms with Gasteiger partial charge in [0, 0.05) is 6.07 Å². The summed E-state index contributed by atoms with van der Waals surface area (Å²) in [6, 6.07) is 4.60. The van der Waals surface area contributed by atoms with Gasteiger partial charge in [-0.1, -0.05) is 6.07 Å². The van der Waals surface area contributed by atoms with Crippen LogP contribution >= 0.6 is 0 Å². The van der Waals surface area contributed by atoms with Gasteiger partial charge in [0.25, 0.3) is 0 Å². The number of aromatic amines is 1. The van der Waals surface area contributed by atoms with Crippen molar-refractivity contribution in [2.24, 2.45) is 5.41 Å². The average molecular weight is 263 g/mol. The highest BCUT2D eigenvalue weighted by Gasteiger charge is 2.29. The van der Waals surface area contributed by atoms with Crippen LogP contribution < -0.4 is 5.56 Å². The Balaban J connectivity index is 2.38. The van der Waals surface area contributed by atoms with Gasteiger partial charge < -0.3 is 10.1 Å². The molecule has 0 saturated heterocycles. The van der Waals surface area contributed by atoms with Crippen molar-refractivity contribution < 1.29 is 9.90 Å². The summed E-state index contributed by atoms with van der Waals surface area (Å²) < 4.78 is 1.36. The molecule has 0 bridgehead atoms. The first kappa shape index (κ1) is 12.9. The van der Waals surface area contributed by atoms with Crippen LogP contribution in [0.15, 0.2) is 23.0 Å². The molecule has 0 radical (unpaired) electrons. The van der Waals surface area contributed by atoms with Gasteiger partial charge in [-0.25, -0.2) is 4.68 Å². The third-order valence-corrected chi connectivity index (χ3v) is 2.67. The zero-order valence-corrected chi connectivity index (χ0v) is 10.5. The summed E-state index contributed by atoms with van der Waals surface area (Å²) in [7, 11) is 0. The van der Waals surface area contributed by atoms with Crippen LogP contribution in [0.4, 0.5) is 0 Å². The molecule has 0 amide bonds. The number of aromatic nitrogens is 5. The van der Waals surface area contributed by atoms with Crippen molar-refractivity contribution in [1.82, 2.24) is 25.2 Å². The molecule has 0 fully saturated rings. The minimum absolute atomic E-state index is 0.0988. The number of pyridine rings is 1. The van der Waals surface area contributed by atoms with Gasteiger partial charge in [-0.15, -0.1) is 5.10 Å². The van der Waals surface area contributed by atoms with E-state index >= 15 is 0 Å². The predicted octanol–water partition coefficient (Wildman–Crippen LogP) is 0.139. The van der Waals surface area contributed by atoms with Gasteiger partial charge >= 0.3 is 5.97 Å². The molecule has 0 aliphatic heterocycles. The molecule has 8 nitrogen and oxygen atoms in total. The number of carboxylic acids is 1. The summed E-state index contributed by atoms with van der Waals surface area (Å²) in [6.45, 7) is 3.25. The standard InChI is InChI=1S/C11H13N5O3/c1-11(2,10(18)19)6-16-9(13-14-15-16)7-4-3-5-8(17)12-7/h3-5H,6H2,1-2H3,(H,12,17)(H,18,19). The number of carboxylic acid groups (broad SMARTS) is 1. The van der Waals surface area contributed by atoms with Gasteiger partial charge in [-0.3, -0.25) is 9.59 Å². The van der Waals surface area contributed by atoms with Crippen molar-refractivity contribution >= 4 is 5.97 Å². The normalized spacial score (nSPS) is 11.5. The van der Waals surface area contributed by atoms with E-state index in [2.05, 4.69) is 20.5 Å². The van der Waals surface area contributed by atoms with Gasteiger partial charge in [-0.2, -0.15) is 0 Å². The summed E-state index contributed by atoms with van der Waals surface area (Å²) in [5.74, 6) is -0.623. The monoisotopic (exact) mass is 263 g/mol. The molecule has 2 N–H and O–H groups in total. The lowest BCUT2D eigenvalue weighted by Gasteiger charge is -2.18. The molecule has 0 aliphatic carbocycles. The summed E-state index contributed by atoms with van der Waals surface area (Å²) >= 11 is 0. The van der Waals surface area contributed by atoms with Crippen molar-refractivity contribution in [2.45, 2.75) is 20.4 Å². The third-order valence-electron chi connectivity index (χ3n) is 2.67. The highest BCUT2D eigenvalue weighted by molar-refractivity contribution is 5.73. The fraction of sp³-hybridized carbons (Fsp3) is 0.364. The number of nitrogens with zero attached hydrogens (tertiary/aromatic N) is 4. The van der Waals surface area contributed by atoms with Crippen molar-refractivity contribution in [3.8, 4) is 11.5 Å². The number of tetrazole rings is 1. The SMILES string of the molecule is CC(C)(Cn1nnnc1-c1cccc(=O)[nH]1)C(=O)O. The van der Waals surface area contributed by atoms with Gasteiger partial charge in [0.15, 0.2) is 5.82 Å². The maximum Gasteiger partial charge on any atom is 0.310 e. The molecule has 2 aromatic rings. The number of hydrogen-bond acceptors (Lipinski definition) is 5. The first-order valence-electron chi connectivity index (χ1n) is 5.59. The Bertz CT molecular complexity index is 658. The van der Waals surface area contributed by atoms with E-state index in [4.69, 9.17) is 5.11 Å². The number of H-pyrrole nitrogens is 1. The molecular weight excluding hydrogens is 250 g/mol. The Kier molecular flexibility index (Phi) is 3.16. The Morgan fingerprint density at radius 1 is 1.47 bits per heavy atom. The molecule has 19 heavy (non-hydrogen) atoms. The van der Waals surface area contributed by atoms with Crippen LogP contribution in [0.25, 0.3) is 11.5 Å². The van der Waals surface area contributed by atoms with E-state index in [0.29, 0.717) is 11.5 Å². The maximum absolute atomic E-state index is 11.3. The zero-order chi connectivity index (χ0) is 14.0. The molecule has 0 aliphatic rings. The van der Waals surface area contributed by atoms with Crippen LogP contribution in [0.1, 0.15) is 13.8 Å².